The maximum Gasteiger partial charge on any atom is 0.150 e. The molecule has 0 spiro atoms. The second-order valence-electron chi connectivity index (χ2n) is 4.10. The standard InChI is InChI=1S/C10H12BrFN2OS/c1-10(2,3)16(15)13-6-8-7(12)4-5-9(11)14-8/h4-6H,1-3H3. The van der Waals surface area contributed by atoms with Crippen molar-refractivity contribution in [3.05, 3.63) is 28.2 Å². The molecule has 0 radical (unpaired) electrons. The Labute approximate surface area is 105 Å². The van der Waals surface area contributed by atoms with Crippen LogP contribution in [0.2, 0.25) is 0 Å². The molecule has 1 heterocycles. The van der Waals surface area contributed by atoms with Crippen molar-refractivity contribution in [3.63, 3.8) is 0 Å². The van der Waals surface area contributed by atoms with E-state index in [1.807, 2.05) is 0 Å². The number of nitrogens with zero attached hydrogens (tertiary/aromatic N) is 2. The largest absolute Gasteiger partial charge is 0.237 e. The van der Waals surface area contributed by atoms with Crippen molar-refractivity contribution >= 4 is 33.1 Å². The maximum absolute atomic E-state index is 13.2. The minimum Gasteiger partial charge on any atom is -0.237 e. The Hall–Kier alpha value is -0.620. The third kappa shape index (κ3) is 3.75. The predicted molar refractivity (Wildman–Crippen MR) is 67.4 cm³/mol. The molecular formula is C10H12BrFN2OS. The van der Waals surface area contributed by atoms with Gasteiger partial charge in [-0.25, -0.2) is 13.6 Å². The van der Waals surface area contributed by atoms with E-state index >= 15 is 0 Å². The first-order valence-electron chi connectivity index (χ1n) is 4.59. The average molecular weight is 307 g/mol. The molecule has 1 aromatic rings. The lowest BCUT2D eigenvalue weighted by molar-refractivity contribution is 0.618. The van der Waals surface area contributed by atoms with Crippen LogP contribution in [0.1, 0.15) is 26.5 Å². The predicted octanol–water partition coefficient (Wildman–Crippen LogP) is 2.86. The summed E-state index contributed by atoms with van der Waals surface area (Å²) >= 11 is 3.13. The number of aromatic nitrogens is 1. The van der Waals surface area contributed by atoms with Crippen molar-refractivity contribution in [2.75, 3.05) is 0 Å². The molecule has 0 aliphatic rings. The zero-order chi connectivity index (χ0) is 12.3. The SMILES string of the molecule is CC(C)(C)S(=O)N=Cc1nc(Br)ccc1F. The minimum atomic E-state index is -1.41. The lowest BCUT2D eigenvalue weighted by atomic mass is 10.3. The van der Waals surface area contributed by atoms with E-state index in [0.717, 1.165) is 0 Å². The first kappa shape index (κ1) is 13.4. The second-order valence-corrected chi connectivity index (χ2v) is 6.84. The van der Waals surface area contributed by atoms with E-state index in [0.29, 0.717) is 4.60 Å². The minimum absolute atomic E-state index is 0.0759. The Kier molecular flexibility index (Phi) is 4.32. The Morgan fingerprint density at radius 1 is 1.50 bits per heavy atom. The Morgan fingerprint density at radius 3 is 2.69 bits per heavy atom. The molecular weight excluding hydrogens is 295 g/mol. The molecule has 0 saturated heterocycles. The normalized spacial score (nSPS) is 14.3. The van der Waals surface area contributed by atoms with Gasteiger partial charge in [0.2, 0.25) is 0 Å². The fourth-order valence-electron chi connectivity index (χ4n) is 0.779. The summed E-state index contributed by atoms with van der Waals surface area (Å²) in [6.07, 6.45) is 1.20. The van der Waals surface area contributed by atoms with Gasteiger partial charge in [-0.2, -0.15) is 4.40 Å². The van der Waals surface area contributed by atoms with Crippen LogP contribution in [0.3, 0.4) is 0 Å². The Bertz CT molecular complexity index is 443. The molecule has 0 amide bonds. The zero-order valence-electron chi connectivity index (χ0n) is 9.20. The van der Waals surface area contributed by atoms with Crippen molar-refractivity contribution in [1.82, 2.24) is 4.98 Å². The van der Waals surface area contributed by atoms with Crippen LogP contribution in [-0.4, -0.2) is 20.2 Å². The van der Waals surface area contributed by atoms with Gasteiger partial charge >= 0.3 is 0 Å². The van der Waals surface area contributed by atoms with Gasteiger partial charge in [0.05, 0.1) is 11.0 Å². The maximum atomic E-state index is 13.2. The van der Waals surface area contributed by atoms with Gasteiger partial charge in [-0.05, 0) is 48.8 Å². The smallest absolute Gasteiger partial charge is 0.150 e. The van der Waals surface area contributed by atoms with Crippen molar-refractivity contribution in [3.8, 4) is 0 Å². The highest BCUT2D eigenvalue weighted by Gasteiger charge is 2.18. The van der Waals surface area contributed by atoms with Gasteiger partial charge in [0.25, 0.3) is 0 Å². The average Bonchev–Trinajstić information content (AvgIpc) is 2.17. The summed E-state index contributed by atoms with van der Waals surface area (Å²) in [5.74, 6) is -0.488. The van der Waals surface area contributed by atoms with Crippen molar-refractivity contribution in [1.29, 1.82) is 0 Å². The van der Waals surface area contributed by atoms with Crippen LogP contribution in [0.15, 0.2) is 21.1 Å². The highest BCUT2D eigenvalue weighted by molar-refractivity contribution is 9.10. The summed E-state index contributed by atoms with van der Waals surface area (Å²) in [6, 6.07) is 2.77. The van der Waals surface area contributed by atoms with Gasteiger partial charge in [-0.15, -0.1) is 0 Å². The van der Waals surface area contributed by atoms with E-state index in [9.17, 15) is 8.60 Å². The molecule has 88 valence electrons. The number of rotatable bonds is 2. The molecule has 0 aliphatic heterocycles. The fraction of sp³-hybridized carbons (Fsp3) is 0.400. The van der Waals surface area contributed by atoms with Crippen LogP contribution in [0.4, 0.5) is 4.39 Å². The summed E-state index contributed by atoms with van der Waals surface area (Å²) in [6.45, 7) is 5.39. The molecule has 0 aliphatic carbocycles. The summed E-state index contributed by atoms with van der Waals surface area (Å²) in [7, 11) is -1.41. The third-order valence-electron chi connectivity index (χ3n) is 1.63. The molecule has 0 aromatic carbocycles. The first-order valence-corrected chi connectivity index (χ1v) is 6.49. The van der Waals surface area contributed by atoms with Crippen molar-refractivity contribution < 1.29 is 8.60 Å². The number of pyridine rings is 1. The molecule has 1 rings (SSSR count). The molecule has 0 N–H and O–H groups in total. The summed E-state index contributed by atoms with van der Waals surface area (Å²) in [5.41, 5.74) is 0.0759. The van der Waals surface area contributed by atoms with Gasteiger partial charge in [0.15, 0.2) is 5.82 Å². The molecule has 1 atom stereocenters. The van der Waals surface area contributed by atoms with Gasteiger partial charge in [0.1, 0.15) is 21.3 Å². The van der Waals surface area contributed by atoms with E-state index in [4.69, 9.17) is 0 Å². The Morgan fingerprint density at radius 2 is 2.12 bits per heavy atom. The topological polar surface area (TPSA) is 42.3 Å². The molecule has 0 fully saturated rings. The van der Waals surface area contributed by atoms with Gasteiger partial charge in [-0.3, -0.25) is 0 Å². The van der Waals surface area contributed by atoms with Crippen LogP contribution in [0, 0.1) is 5.82 Å². The lowest BCUT2D eigenvalue weighted by Crippen LogP contribution is -2.19. The fourth-order valence-corrected chi connectivity index (χ4v) is 1.61. The quantitative estimate of drug-likeness (QED) is 0.623. The molecule has 16 heavy (non-hydrogen) atoms. The first-order chi connectivity index (χ1) is 7.30. The van der Waals surface area contributed by atoms with Crippen LogP contribution < -0.4 is 0 Å². The van der Waals surface area contributed by atoms with E-state index in [1.54, 1.807) is 20.8 Å². The van der Waals surface area contributed by atoms with Crippen LogP contribution in [0.25, 0.3) is 0 Å². The number of hydrogen-bond donors (Lipinski definition) is 0. The van der Waals surface area contributed by atoms with Gasteiger partial charge in [-0.1, -0.05) is 0 Å². The van der Waals surface area contributed by atoms with Gasteiger partial charge < -0.3 is 0 Å². The molecule has 1 unspecified atom stereocenters. The summed E-state index contributed by atoms with van der Waals surface area (Å²) < 4.78 is 28.7. The van der Waals surface area contributed by atoms with Gasteiger partial charge in [0, 0.05) is 0 Å². The third-order valence-corrected chi connectivity index (χ3v) is 3.42. The molecule has 0 saturated carbocycles. The molecule has 6 heteroatoms. The van der Waals surface area contributed by atoms with Crippen molar-refractivity contribution in [2.45, 2.75) is 25.5 Å². The number of halogens is 2. The Balaban J connectivity index is 2.93. The summed E-state index contributed by atoms with van der Waals surface area (Å²) in [5, 5.41) is 0. The molecule has 0 bridgehead atoms. The van der Waals surface area contributed by atoms with E-state index in [1.165, 1.54) is 18.3 Å². The van der Waals surface area contributed by atoms with E-state index in [2.05, 4.69) is 25.3 Å². The highest BCUT2D eigenvalue weighted by atomic mass is 79.9. The second kappa shape index (κ2) is 5.14. The molecule has 1 aromatic heterocycles. The number of hydrogen-bond acceptors (Lipinski definition) is 2. The monoisotopic (exact) mass is 306 g/mol. The summed E-state index contributed by atoms with van der Waals surface area (Å²) in [4.78, 5) is 3.88. The van der Waals surface area contributed by atoms with Crippen LogP contribution in [0.5, 0.6) is 0 Å². The van der Waals surface area contributed by atoms with E-state index in [-0.39, 0.29) is 5.69 Å². The van der Waals surface area contributed by atoms with Crippen LogP contribution >= 0.6 is 15.9 Å². The lowest BCUT2D eigenvalue weighted by Gasteiger charge is -2.12. The van der Waals surface area contributed by atoms with Crippen LogP contribution in [-0.2, 0) is 11.0 Å². The zero-order valence-corrected chi connectivity index (χ0v) is 11.6. The molecule has 3 nitrogen and oxygen atoms in total. The van der Waals surface area contributed by atoms with Crippen molar-refractivity contribution in [2.24, 2.45) is 4.40 Å². The van der Waals surface area contributed by atoms with E-state index < -0.39 is 21.5 Å². The highest BCUT2D eigenvalue weighted by Crippen LogP contribution is 2.13.